The van der Waals surface area contributed by atoms with Gasteiger partial charge in [0.25, 0.3) is 0 Å². The molecule has 84 valence electrons. The van der Waals surface area contributed by atoms with Crippen molar-refractivity contribution in [2.24, 2.45) is 5.92 Å². The summed E-state index contributed by atoms with van der Waals surface area (Å²) in [4.78, 5) is 0. The lowest BCUT2D eigenvalue weighted by molar-refractivity contribution is 0.428. The van der Waals surface area contributed by atoms with E-state index in [9.17, 15) is 5.11 Å². The van der Waals surface area contributed by atoms with E-state index < -0.39 is 0 Å². The predicted molar refractivity (Wildman–Crippen MR) is 64.3 cm³/mol. The van der Waals surface area contributed by atoms with E-state index in [0.29, 0.717) is 23.6 Å². The molecule has 0 fully saturated rings. The molecule has 2 N–H and O–H groups in total. The summed E-state index contributed by atoms with van der Waals surface area (Å²) in [6.07, 6.45) is 0. The lowest BCUT2D eigenvalue weighted by atomic mass is 10.1. The molecule has 0 spiro atoms. The van der Waals surface area contributed by atoms with Crippen LogP contribution in [0.3, 0.4) is 0 Å². The second-order valence-electron chi connectivity index (χ2n) is 3.97. The van der Waals surface area contributed by atoms with Gasteiger partial charge in [-0.3, -0.25) is 0 Å². The number of benzene rings is 1. The van der Waals surface area contributed by atoms with Gasteiger partial charge in [0.15, 0.2) is 0 Å². The van der Waals surface area contributed by atoms with Gasteiger partial charge in [-0.1, -0.05) is 19.1 Å². The average Bonchev–Trinajstić information content (AvgIpc) is 2.25. The molecule has 0 heterocycles. The molecule has 0 radical (unpaired) electrons. The van der Waals surface area contributed by atoms with E-state index in [1.807, 2.05) is 12.1 Å². The van der Waals surface area contributed by atoms with Gasteiger partial charge in [-0.15, -0.1) is 11.6 Å². The number of hydrogen-bond donors (Lipinski definition) is 2. The maximum absolute atomic E-state index is 9.28. The van der Waals surface area contributed by atoms with Crippen LogP contribution in [0.5, 0.6) is 5.75 Å². The number of phenols is 1. The quantitative estimate of drug-likeness (QED) is 0.759. The van der Waals surface area contributed by atoms with Gasteiger partial charge in [-0.25, -0.2) is 0 Å². The van der Waals surface area contributed by atoms with Gasteiger partial charge in [-0.05, 0) is 30.5 Å². The van der Waals surface area contributed by atoms with Crippen LogP contribution >= 0.6 is 11.6 Å². The SMILES string of the molecule is CC(CCl)C(C)NCc1cccc(O)c1. The first-order valence-electron chi connectivity index (χ1n) is 5.20. The van der Waals surface area contributed by atoms with Crippen molar-refractivity contribution in [3.05, 3.63) is 29.8 Å². The fourth-order valence-corrected chi connectivity index (χ4v) is 1.55. The molecule has 1 aromatic carbocycles. The lowest BCUT2D eigenvalue weighted by Crippen LogP contribution is -2.32. The minimum Gasteiger partial charge on any atom is -0.508 e. The van der Waals surface area contributed by atoms with Crippen molar-refractivity contribution >= 4 is 11.6 Å². The summed E-state index contributed by atoms with van der Waals surface area (Å²) in [5.74, 6) is 1.42. The number of alkyl halides is 1. The molecule has 0 saturated heterocycles. The first kappa shape index (κ1) is 12.3. The summed E-state index contributed by atoms with van der Waals surface area (Å²) in [6, 6.07) is 7.66. The predicted octanol–water partition coefficient (Wildman–Crippen LogP) is 2.75. The molecule has 0 bridgehead atoms. The van der Waals surface area contributed by atoms with Crippen molar-refractivity contribution in [2.45, 2.75) is 26.4 Å². The number of hydrogen-bond acceptors (Lipinski definition) is 2. The Bertz CT molecular complexity index is 303. The van der Waals surface area contributed by atoms with Crippen LogP contribution in [0, 0.1) is 5.92 Å². The highest BCUT2D eigenvalue weighted by Crippen LogP contribution is 2.11. The molecule has 2 atom stereocenters. The molecular formula is C12H18ClNO. The number of aromatic hydroxyl groups is 1. The molecule has 1 aromatic rings. The Morgan fingerprint density at radius 2 is 2.13 bits per heavy atom. The zero-order valence-corrected chi connectivity index (χ0v) is 9.96. The molecule has 0 amide bonds. The van der Waals surface area contributed by atoms with Crippen molar-refractivity contribution < 1.29 is 5.11 Å². The Balaban J connectivity index is 2.43. The largest absolute Gasteiger partial charge is 0.508 e. The van der Waals surface area contributed by atoms with Crippen LogP contribution in [0.15, 0.2) is 24.3 Å². The zero-order valence-electron chi connectivity index (χ0n) is 9.20. The van der Waals surface area contributed by atoms with Gasteiger partial charge < -0.3 is 10.4 Å². The highest BCUT2D eigenvalue weighted by molar-refractivity contribution is 6.18. The molecule has 0 aliphatic heterocycles. The topological polar surface area (TPSA) is 32.3 Å². The van der Waals surface area contributed by atoms with Gasteiger partial charge in [-0.2, -0.15) is 0 Å². The third-order valence-corrected chi connectivity index (χ3v) is 3.12. The second kappa shape index (κ2) is 5.99. The van der Waals surface area contributed by atoms with E-state index in [-0.39, 0.29) is 0 Å². The van der Waals surface area contributed by atoms with Gasteiger partial charge >= 0.3 is 0 Å². The van der Waals surface area contributed by atoms with E-state index in [1.54, 1.807) is 12.1 Å². The van der Waals surface area contributed by atoms with Crippen LogP contribution in [-0.2, 0) is 6.54 Å². The Morgan fingerprint density at radius 3 is 2.73 bits per heavy atom. The molecule has 0 aromatic heterocycles. The molecule has 3 heteroatoms. The number of rotatable bonds is 5. The zero-order chi connectivity index (χ0) is 11.3. The Morgan fingerprint density at radius 1 is 1.40 bits per heavy atom. The Kier molecular flexibility index (Phi) is 4.92. The second-order valence-corrected chi connectivity index (χ2v) is 4.28. The highest BCUT2D eigenvalue weighted by atomic mass is 35.5. The van der Waals surface area contributed by atoms with Gasteiger partial charge in [0, 0.05) is 18.5 Å². The minimum absolute atomic E-state index is 0.312. The van der Waals surface area contributed by atoms with E-state index in [4.69, 9.17) is 11.6 Å². The lowest BCUT2D eigenvalue weighted by Gasteiger charge is -2.19. The maximum atomic E-state index is 9.28. The molecule has 2 nitrogen and oxygen atoms in total. The molecule has 0 aliphatic carbocycles. The van der Waals surface area contributed by atoms with E-state index >= 15 is 0 Å². The Hall–Kier alpha value is -0.730. The molecule has 15 heavy (non-hydrogen) atoms. The summed E-state index contributed by atoms with van der Waals surface area (Å²) >= 11 is 5.77. The maximum Gasteiger partial charge on any atom is 0.115 e. The molecule has 2 unspecified atom stereocenters. The molecular weight excluding hydrogens is 210 g/mol. The summed E-state index contributed by atoms with van der Waals surface area (Å²) in [6.45, 7) is 5.00. The summed E-state index contributed by atoms with van der Waals surface area (Å²) in [5.41, 5.74) is 1.09. The van der Waals surface area contributed by atoms with Gasteiger partial charge in [0.1, 0.15) is 5.75 Å². The summed E-state index contributed by atoms with van der Waals surface area (Å²) in [5, 5.41) is 12.7. The van der Waals surface area contributed by atoms with Crippen molar-refractivity contribution in [3.63, 3.8) is 0 Å². The smallest absolute Gasteiger partial charge is 0.115 e. The van der Waals surface area contributed by atoms with Crippen LogP contribution in [0.1, 0.15) is 19.4 Å². The molecule has 0 saturated carbocycles. The van der Waals surface area contributed by atoms with Crippen LogP contribution in [0.4, 0.5) is 0 Å². The fraction of sp³-hybridized carbons (Fsp3) is 0.500. The Labute approximate surface area is 96.3 Å². The molecule has 1 rings (SSSR count). The van der Waals surface area contributed by atoms with Crippen LogP contribution in [-0.4, -0.2) is 17.0 Å². The van der Waals surface area contributed by atoms with Crippen molar-refractivity contribution in [2.75, 3.05) is 5.88 Å². The molecule has 0 aliphatic rings. The summed E-state index contributed by atoms with van der Waals surface area (Å²) < 4.78 is 0. The van der Waals surface area contributed by atoms with Crippen molar-refractivity contribution in [1.29, 1.82) is 0 Å². The van der Waals surface area contributed by atoms with E-state index in [1.165, 1.54) is 0 Å². The third-order valence-electron chi connectivity index (χ3n) is 2.64. The van der Waals surface area contributed by atoms with E-state index in [0.717, 1.165) is 12.1 Å². The third kappa shape index (κ3) is 4.10. The minimum atomic E-state index is 0.312. The summed E-state index contributed by atoms with van der Waals surface area (Å²) in [7, 11) is 0. The first-order chi connectivity index (χ1) is 7.13. The van der Waals surface area contributed by atoms with Crippen molar-refractivity contribution in [3.8, 4) is 5.75 Å². The van der Waals surface area contributed by atoms with E-state index in [2.05, 4.69) is 19.2 Å². The van der Waals surface area contributed by atoms with Crippen LogP contribution in [0.25, 0.3) is 0 Å². The monoisotopic (exact) mass is 227 g/mol. The van der Waals surface area contributed by atoms with Gasteiger partial charge in [0.05, 0.1) is 0 Å². The fourth-order valence-electron chi connectivity index (χ4n) is 1.28. The number of halogens is 1. The number of nitrogens with one attached hydrogen (secondary N) is 1. The standard InChI is InChI=1S/C12H18ClNO/c1-9(7-13)10(2)14-8-11-4-3-5-12(15)6-11/h3-6,9-10,14-15H,7-8H2,1-2H3. The highest BCUT2D eigenvalue weighted by Gasteiger charge is 2.09. The normalized spacial score (nSPS) is 14.9. The first-order valence-corrected chi connectivity index (χ1v) is 5.74. The number of phenolic OH excluding ortho intramolecular Hbond substituents is 1. The van der Waals surface area contributed by atoms with Gasteiger partial charge in [0.2, 0.25) is 0 Å². The average molecular weight is 228 g/mol. The van der Waals surface area contributed by atoms with Crippen LogP contribution in [0.2, 0.25) is 0 Å². The van der Waals surface area contributed by atoms with Crippen molar-refractivity contribution in [1.82, 2.24) is 5.32 Å². The van der Waals surface area contributed by atoms with Crippen LogP contribution < -0.4 is 5.32 Å².